The molecule has 0 fully saturated rings. The summed E-state index contributed by atoms with van der Waals surface area (Å²) in [5.41, 5.74) is -0.781. The molecule has 0 bridgehead atoms. The first-order valence-corrected chi connectivity index (χ1v) is 4.63. The van der Waals surface area contributed by atoms with Crippen LogP contribution >= 0.6 is 0 Å². The molecule has 1 unspecified atom stereocenters. The van der Waals surface area contributed by atoms with Crippen molar-refractivity contribution in [2.45, 2.75) is 6.17 Å². The average Bonchev–Trinajstić information content (AvgIpc) is 2.29. The molecule has 18 heavy (non-hydrogen) atoms. The quantitative estimate of drug-likeness (QED) is 0.271. The van der Waals surface area contributed by atoms with E-state index in [9.17, 15) is 25.4 Å². The number of hydrogen-bond acceptors (Lipinski definition) is 7. The third-order valence-corrected chi connectivity index (χ3v) is 1.95. The van der Waals surface area contributed by atoms with Gasteiger partial charge in [0, 0.05) is 11.2 Å². The van der Waals surface area contributed by atoms with Gasteiger partial charge in [0.15, 0.2) is 6.61 Å². The minimum atomic E-state index is -2.00. The van der Waals surface area contributed by atoms with Gasteiger partial charge in [-0.25, -0.2) is 0 Å². The highest BCUT2D eigenvalue weighted by Gasteiger charge is 2.29. The van der Waals surface area contributed by atoms with Gasteiger partial charge in [-0.2, -0.15) is 0 Å². The second-order valence-electron chi connectivity index (χ2n) is 3.10. The topological polar surface area (TPSA) is 145 Å². The molecule has 0 aliphatic heterocycles. The number of hydrogen-bond donors (Lipinski definition) is 1. The van der Waals surface area contributed by atoms with Gasteiger partial charge in [-0.3, -0.25) is 20.2 Å². The maximum absolute atomic E-state index is 11.3. The van der Waals surface area contributed by atoms with Crippen LogP contribution in [0.2, 0.25) is 0 Å². The van der Waals surface area contributed by atoms with Crippen LogP contribution in [-0.2, 0) is 0 Å². The average molecular weight is 256 g/mol. The summed E-state index contributed by atoms with van der Waals surface area (Å²) in [5.74, 6) is 0. The molecular formula is C8H8N4O6. The van der Waals surface area contributed by atoms with Crippen molar-refractivity contribution in [3.63, 3.8) is 0 Å². The summed E-state index contributed by atoms with van der Waals surface area (Å²) in [5, 5.41) is 44.1. The molecule has 10 heteroatoms. The molecule has 0 aromatic heterocycles. The van der Waals surface area contributed by atoms with Crippen molar-refractivity contribution < 1.29 is 19.8 Å². The zero-order chi connectivity index (χ0) is 13.7. The van der Waals surface area contributed by atoms with Crippen LogP contribution in [0.4, 0.5) is 11.4 Å². The van der Waals surface area contributed by atoms with Gasteiger partial charge in [0.25, 0.3) is 0 Å². The van der Waals surface area contributed by atoms with Crippen molar-refractivity contribution in [2.24, 2.45) is 5.11 Å². The monoisotopic (exact) mass is 256 g/mol. The third kappa shape index (κ3) is 2.95. The number of benzene rings is 1. The number of hydroxylamine groups is 1. The van der Waals surface area contributed by atoms with Crippen LogP contribution in [0.25, 0.3) is 0 Å². The maximum Gasteiger partial charge on any atom is 0.453 e. The van der Waals surface area contributed by atoms with E-state index in [1.54, 1.807) is 0 Å². The van der Waals surface area contributed by atoms with Gasteiger partial charge in [0.2, 0.25) is 5.69 Å². The van der Waals surface area contributed by atoms with E-state index in [1.807, 2.05) is 0 Å². The van der Waals surface area contributed by atoms with Crippen molar-refractivity contribution in [1.82, 2.24) is 0 Å². The fourth-order valence-corrected chi connectivity index (χ4v) is 1.09. The first-order chi connectivity index (χ1) is 8.47. The summed E-state index contributed by atoms with van der Waals surface area (Å²) in [4.78, 5) is 18.8. The SMILES string of the molecule is O=[N+]([O-])c1ccccc1N=[N+]([O-])C(CO)[N+](=O)[O-]. The molecule has 0 aliphatic carbocycles. The number of rotatable bonds is 5. The summed E-state index contributed by atoms with van der Waals surface area (Å²) in [6.45, 7) is -1.05. The smallest absolute Gasteiger partial charge is 0.453 e. The lowest BCUT2D eigenvalue weighted by molar-refractivity contribution is -0.762. The van der Waals surface area contributed by atoms with E-state index in [0.717, 1.165) is 12.1 Å². The molecule has 1 aromatic carbocycles. The Morgan fingerprint density at radius 3 is 2.33 bits per heavy atom. The van der Waals surface area contributed by atoms with E-state index >= 15 is 0 Å². The van der Waals surface area contributed by atoms with Crippen LogP contribution in [0.3, 0.4) is 0 Å². The minimum absolute atomic E-state index is 0.321. The summed E-state index contributed by atoms with van der Waals surface area (Å²) in [7, 11) is 0. The molecule has 0 saturated heterocycles. The van der Waals surface area contributed by atoms with Crippen molar-refractivity contribution in [2.75, 3.05) is 6.61 Å². The molecule has 1 rings (SSSR count). The Hall–Kier alpha value is -2.62. The zero-order valence-electron chi connectivity index (χ0n) is 8.87. The summed E-state index contributed by atoms with van der Waals surface area (Å²) >= 11 is 0. The number of para-hydroxylation sites is 1. The van der Waals surface area contributed by atoms with E-state index in [4.69, 9.17) is 5.11 Å². The van der Waals surface area contributed by atoms with Crippen LogP contribution in [-0.4, -0.2) is 32.6 Å². The Morgan fingerprint density at radius 1 is 1.22 bits per heavy atom. The molecule has 1 atom stereocenters. The van der Waals surface area contributed by atoms with Gasteiger partial charge in [-0.1, -0.05) is 12.1 Å². The number of nitrogens with zero attached hydrogens (tertiary/aromatic N) is 4. The van der Waals surface area contributed by atoms with Crippen molar-refractivity contribution in [3.05, 3.63) is 49.7 Å². The summed E-state index contributed by atoms with van der Waals surface area (Å²) in [6.07, 6.45) is -2.00. The van der Waals surface area contributed by atoms with E-state index < -0.39 is 28.3 Å². The number of azo groups is 1. The predicted molar refractivity (Wildman–Crippen MR) is 56.7 cm³/mol. The van der Waals surface area contributed by atoms with E-state index in [2.05, 4.69) is 5.11 Å². The Balaban J connectivity index is 3.16. The molecule has 0 amide bonds. The Morgan fingerprint density at radius 2 is 1.83 bits per heavy atom. The second kappa shape index (κ2) is 5.63. The molecule has 0 saturated carbocycles. The molecule has 0 aliphatic rings. The Bertz CT molecular complexity index is 502. The van der Waals surface area contributed by atoms with Crippen molar-refractivity contribution >= 4 is 11.4 Å². The number of nitro benzene ring substituents is 1. The molecular weight excluding hydrogens is 248 g/mol. The van der Waals surface area contributed by atoms with Gasteiger partial charge in [0.05, 0.1) is 9.85 Å². The summed E-state index contributed by atoms with van der Waals surface area (Å²) < 4.78 is 0. The molecule has 0 radical (unpaired) electrons. The first-order valence-electron chi connectivity index (χ1n) is 4.63. The van der Waals surface area contributed by atoms with Crippen LogP contribution in [0.15, 0.2) is 29.4 Å². The second-order valence-corrected chi connectivity index (χ2v) is 3.10. The fraction of sp³-hybridized carbons (Fsp3) is 0.250. The van der Waals surface area contributed by atoms with Gasteiger partial charge in [0.1, 0.15) is 0 Å². The largest absolute Gasteiger partial charge is 0.594 e. The Labute approximate surface area is 99.7 Å². The summed E-state index contributed by atoms with van der Waals surface area (Å²) in [6, 6.07) is 5.02. The maximum atomic E-state index is 11.3. The molecule has 1 aromatic rings. The lowest BCUT2D eigenvalue weighted by Crippen LogP contribution is -2.32. The van der Waals surface area contributed by atoms with Crippen LogP contribution < -0.4 is 0 Å². The highest BCUT2D eigenvalue weighted by molar-refractivity contribution is 5.55. The molecule has 1 N–H and O–H groups in total. The highest BCUT2D eigenvalue weighted by atomic mass is 16.6. The standard InChI is InChI=1S/C8H8N4O6/c13-5-8(12(17)18)10(14)9-6-3-1-2-4-7(6)11(15)16/h1-4,8,13H,5H2. The lowest BCUT2D eigenvalue weighted by Gasteiger charge is -2.04. The minimum Gasteiger partial charge on any atom is -0.594 e. The van der Waals surface area contributed by atoms with Crippen molar-refractivity contribution in [3.8, 4) is 0 Å². The lowest BCUT2D eigenvalue weighted by atomic mass is 10.3. The van der Waals surface area contributed by atoms with Gasteiger partial charge >= 0.3 is 11.9 Å². The van der Waals surface area contributed by atoms with E-state index in [0.29, 0.717) is 0 Å². The Kier molecular flexibility index (Phi) is 4.21. The third-order valence-electron chi connectivity index (χ3n) is 1.95. The number of nitro groups is 2. The van der Waals surface area contributed by atoms with E-state index in [1.165, 1.54) is 12.1 Å². The first kappa shape index (κ1) is 13.4. The zero-order valence-corrected chi connectivity index (χ0v) is 8.87. The van der Waals surface area contributed by atoms with Gasteiger partial charge < -0.3 is 10.3 Å². The molecule has 96 valence electrons. The van der Waals surface area contributed by atoms with Gasteiger partial charge in [-0.05, 0) is 10.9 Å². The molecule has 10 nitrogen and oxygen atoms in total. The van der Waals surface area contributed by atoms with E-state index in [-0.39, 0.29) is 10.5 Å². The normalized spacial score (nSPS) is 13.1. The van der Waals surface area contributed by atoms with Crippen LogP contribution in [0.5, 0.6) is 0 Å². The van der Waals surface area contributed by atoms with Crippen LogP contribution in [0.1, 0.15) is 0 Å². The molecule has 0 heterocycles. The predicted octanol–water partition coefficient (Wildman–Crippen LogP) is 0.784. The molecule has 0 spiro atoms. The number of aliphatic hydroxyl groups excluding tert-OH is 1. The fourth-order valence-electron chi connectivity index (χ4n) is 1.09. The number of aliphatic hydroxyl groups is 1. The van der Waals surface area contributed by atoms with Gasteiger partial charge in [-0.15, -0.1) is 0 Å². The van der Waals surface area contributed by atoms with Crippen LogP contribution in [0, 0.1) is 25.4 Å². The van der Waals surface area contributed by atoms with Crippen molar-refractivity contribution in [1.29, 1.82) is 0 Å². The highest BCUT2D eigenvalue weighted by Crippen LogP contribution is 2.26.